The maximum Gasteiger partial charge on any atom is 0.157 e. The molecule has 0 saturated carbocycles. The standard InChI is InChI=1S/C20H24N2O3S/c1-24-16-8-4-14(5-9-16)18-19(15-6-10-17(25-2)11-7-15)22-20(21-18)26-13-3-12-23/h4-11,18-19,23H,3,12-13H2,1-2H3,(H,21,22). The average Bonchev–Trinajstić information content (AvgIpc) is 3.12. The van der Waals surface area contributed by atoms with E-state index in [2.05, 4.69) is 29.6 Å². The highest BCUT2D eigenvalue weighted by atomic mass is 32.2. The molecule has 2 aromatic rings. The van der Waals surface area contributed by atoms with Crippen LogP contribution in [0.15, 0.2) is 53.5 Å². The Kier molecular flexibility index (Phi) is 6.41. The highest BCUT2D eigenvalue weighted by molar-refractivity contribution is 8.13. The lowest BCUT2D eigenvalue weighted by Gasteiger charge is -2.20. The van der Waals surface area contributed by atoms with E-state index in [1.54, 1.807) is 26.0 Å². The second-order valence-corrected chi connectivity index (χ2v) is 7.06. The number of aliphatic hydroxyl groups is 1. The largest absolute Gasteiger partial charge is 0.497 e. The molecule has 2 aromatic carbocycles. The van der Waals surface area contributed by atoms with E-state index in [1.807, 2.05) is 24.3 Å². The number of thioether (sulfide) groups is 1. The Labute approximate surface area is 158 Å². The molecule has 0 fully saturated rings. The Balaban J connectivity index is 1.84. The van der Waals surface area contributed by atoms with Crippen LogP contribution in [0.5, 0.6) is 11.5 Å². The first-order chi connectivity index (χ1) is 12.7. The molecule has 0 spiro atoms. The number of ether oxygens (including phenoxy) is 2. The molecule has 26 heavy (non-hydrogen) atoms. The third-order valence-electron chi connectivity index (χ3n) is 4.32. The number of aliphatic imine (C=N–C) groups is 1. The lowest BCUT2D eigenvalue weighted by atomic mass is 9.95. The van der Waals surface area contributed by atoms with E-state index in [4.69, 9.17) is 19.6 Å². The number of hydrogen-bond donors (Lipinski definition) is 2. The number of hydrogen-bond acceptors (Lipinski definition) is 6. The molecule has 0 radical (unpaired) electrons. The van der Waals surface area contributed by atoms with Crippen molar-refractivity contribution in [3.05, 3.63) is 59.7 Å². The fraction of sp³-hybridized carbons (Fsp3) is 0.350. The molecule has 2 unspecified atom stereocenters. The molecule has 1 aliphatic heterocycles. The lowest BCUT2D eigenvalue weighted by Crippen LogP contribution is -2.22. The summed E-state index contributed by atoms with van der Waals surface area (Å²) in [5.41, 5.74) is 2.30. The van der Waals surface area contributed by atoms with Crippen molar-refractivity contribution in [2.75, 3.05) is 26.6 Å². The van der Waals surface area contributed by atoms with Gasteiger partial charge in [0.05, 0.1) is 20.3 Å². The maximum absolute atomic E-state index is 9.00. The van der Waals surface area contributed by atoms with Crippen molar-refractivity contribution in [1.82, 2.24) is 5.32 Å². The highest BCUT2D eigenvalue weighted by Crippen LogP contribution is 2.38. The van der Waals surface area contributed by atoms with Crippen molar-refractivity contribution in [3.8, 4) is 11.5 Å². The summed E-state index contributed by atoms with van der Waals surface area (Å²) in [4.78, 5) is 4.90. The molecular weight excluding hydrogens is 348 g/mol. The summed E-state index contributed by atoms with van der Waals surface area (Å²) in [6, 6.07) is 16.2. The van der Waals surface area contributed by atoms with Crippen LogP contribution < -0.4 is 14.8 Å². The first-order valence-corrected chi connectivity index (χ1v) is 9.59. The molecule has 138 valence electrons. The normalized spacial score (nSPS) is 19.0. The predicted molar refractivity (Wildman–Crippen MR) is 106 cm³/mol. The Morgan fingerprint density at radius 2 is 1.54 bits per heavy atom. The summed E-state index contributed by atoms with van der Waals surface area (Å²) in [5, 5.41) is 13.5. The third-order valence-corrected chi connectivity index (χ3v) is 5.31. The van der Waals surface area contributed by atoms with Gasteiger partial charge in [-0.3, -0.25) is 4.99 Å². The molecule has 0 amide bonds. The molecule has 2 N–H and O–H groups in total. The summed E-state index contributed by atoms with van der Waals surface area (Å²) in [7, 11) is 3.34. The van der Waals surface area contributed by atoms with Crippen LogP contribution in [0.2, 0.25) is 0 Å². The van der Waals surface area contributed by atoms with Gasteiger partial charge in [-0.05, 0) is 41.8 Å². The van der Waals surface area contributed by atoms with Gasteiger partial charge in [0.25, 0.3) is 0 Å². The molecule has 3 rings (SSSR count). The number of methoxy groups -OCH3 is 2. The molecule has 0 aromatic heterocycles. The number of aliphatic hydroxyl groups excluding tert-OH is 1. The Morgan fingerprint density at radius 1 is 0.962 bits per heavy atom. The van der Waals surface area contributed by atoms with Crippen molar-refractivity contribution in [1.29, 1.82) is 0 Å². The van der Waals surface area contributed by atoms with Gasteiger partial charge in [-0.2, -0.15) is 0 Å². The van der Waals surface area contributed by atoms with Crippen LogP contribution in [0.3, 0.4) is 0 Å². The third kappa shape index (κ3) is 4.31. The Hall–Kier alpha value is -2.18. The van der Waals surface area contributed by atoms with Crippen LogP contribution in [-0.4, -0.2) is 36.9 Å². The molecule has 0 saturated heterocycles. The fourth-order valence-electron chi connectivity index (χ4n) is 2.91. The van der Waals surface area contributed by atoms with Crippen LogP contribution in [0, 0.1) is 0 Å². The molecule has 0 bridgehead atoms. The second-order valence-electron chi connectivity index (χ2n) is 5.97. The monoisotopic (exact) mass is 372 g/mol. The molecule has 1 aliphatic rings. The first-order valence-electron chi connectivity index (χ1n) is 8.61. The van der Waals surface area contributed by atoms with Crippen molar-refractivity contribution >= 4 is 16.9 Å². The zero-order valence-corrected chi connectivity index (χ0v) is 15.8. The zero-order valence-electron chi connectivity index (χ0n) is 15.0. The summed E-state index contributed by atoms with van der Waals surface area (Å²) in [6.07, 6.45) is 0.756. The van der Waals surface area contributed by atoms with Crippen LogP contribution in [0.4, 0.5) is 0 Å². The number of benzene rings is 2. The van der Waals surface area contributed by atoms with E-state index in [9.17, 15) is 0 Å². The molecule has 6 heteroatoms. The average molecular weight is 372 g/mol. The van der Waals surface area contributed by atoms with Gasteiger partial charge in [0.15, 0.2) is 5.17 Å². The summed E-state index contributed by atoms with van der Waals surface area (Å²) >= 11 is 1.65. The Morgan fingerprint density at radius 3 is 2.08 bits per heavy atom. The summed E-state index contributed by atoms with van der Waals surface area (Å²) in [6.45, 7) is 0.199. The van der Waals surface area contributed by atoms with E-state index < -0.39 is 0 Å². The number of nitrogens with one attached hydrogen (secondary N) is 1. The van der Waals surface area contributed by atoms with Crippen molar-refractivity contribution in [3.63, 3.8) is 0 Å². The van der Waals surface area contributed by atoms with Crippen LogP contribution in [-0.2, 0) is 0 Å². The maximum atomic E-state index is 9.00. The molecule has 0 aliphatic carbocycles. The van der Waals surface area contributed by atoms with Gasteiger partial charge >= 0.3 is 0 Å². The van der Waals surface area contributed by atoms with Gasteiger partial charge < -0.3 is 19.9 Å². The summed E-state index contributed by atoms with van der Waals surface area (Å²) in [5.74, 6) is 2.51. The second kappa shape index (κ2) is 8.96. The van der Waals surface area contributed by atoms with Crippen molar-refractivity contribution in [2.24, 2.45) is 4.99 Å². The smallest absolute Gasteiger partial charge is 0.157 e. The molecule has 1 heterocycles. The van der Waals surface area contributed by atoms with E-state index in [1.165, 1.54) is 0 Å². The van der Waals surface area contributed by atoms with E-state index >= 15 is 0 Å². The highest BCUT2D eigenvalue weighted by Gasteiger charge is 2.31. The number of nitrogens with zero attached hydrogens (tertiary/aromatic N) is 1. The zero-order chi connectivity index (χ0) is 18.4. The minimum absolute atomic E-state index is 0.00840. The van der Waals surface area contributed by atoms with Gasteiger partial charge in [0, 0.05) is 12.4 Å². The first kappa shape index (κ1) is 18.6. The molecule has 5 nitrogen and oxygen atoms in total. The van der Waals surface area contributed by atoms with E-state index in [-0.39, 0.29) is 18.7 Å². The molecule has 2 atom stereocenters. The predicted octanol–water partition coefficient (Wildman–Crippen LogP) is 3.56. The Bertz CT molecular complexity index is 732. The number of rotatable bonds is 7. The SMILES string of the molecule is COc1ccc(C2N=C(SCCCO)NC2c2ccc(OC)cc2)cc1. The minimum atomic E-state index is -0.00840. The van der Waals surface area contributed by atoms with Crippen LogP contribution in [0.25, 0.3) is 0 Å². The van der Waals surface area contributed by atoms with Gasteiger partial charge in [-0.1, -0.05) is 36.0 Å². The van der Waals surface area contributed by atoms with Gasteiger partial charge in [-0.15, -0.1) is 0 Å². The van der Waals surface area contributed by atoms with Crippen LogP contribution in [0.1, 0.15) is 29.6 Å². The quantitative estimate of drug-likeness (QED) is 0.728. The molecular formula is C20H24N2O3S. The topological polar surface area (TPSA) is 63.1 Å². The number of amidine groups is 1. The van der Waals surface area contributed by atoms with Gasteiger partial charge in [-0.25, -0.2) is 0 Å². The van der Waals surface area contributed by atoms with Crippen LogP contribution >= 0.6 is 11.8 Å². The fourth-order valence-corrected chi connectivity index (χ4v) is 3.77. The lowest BCUT2D eigenvalue weighted by molar-refractivity contribution is 0.296. The van der Waals surface area contributed by atoms with Crippen molar-refractivity contribution < 1.29 is 14.6 Å². The summed E-state index contributed by atoms with van der Waals surface area (Å²) < 4.78 is 10.5. The van der Waals surface area contributed by atoms with E-state index in [0.29, 0.717) is 0 Å². The van der Waals surface area contributed by atoms with Crippen molar-refractivity contribution in [2.45, 2.75) is 18.5 Å². The van der Waals surface area contributed by atoms with Gasteiger partial charge in [0.1, 0.15) is 17.5 Å². The van der Waals surface area contributed by atoms with E-state index in [0.717, 1.165) is 40.0 Å². The minimum Gasteiger partial charge on any atom is -0.497 e. The van der Waals surface area contributed by atoms with Gasteiger partial charge in [0.2, 0.25) is 0 Å².